The molecule has 1 aliphatic heterocycles. The maximum Gasteiger partial charge on any atom is 0.428 e. The van der Waals surface area contributed by atoms with Gasteiger partial charge in [-0.05, 0) is 23.8 Å². The van der Waals surface area contributed by atoms with E-state index in [-0.39, 0.29) is 29.3 Å². The van der Waals surface area contributed by atoms with Crippen molar-refractivity contribution in [3.05, 3.63) is 47.7 Å². The van der Waals surface area contributed by atoms with E-state index >= 15 is 0 Å². The standard InChI is InChI=1S/C15H11F3N4O2/c16-15(17,18)11-5-8(12-7-24-14(23)22-21-12)1-3-10(11)9-2-4-13(19)20-6-9/h1-6H,7H2,(H2,19,20)(H,22,23). The molecule has 6 nitrogen and oxygen atoms in total. The number of carbonyl (C=O) groups is 1. The molecule has 24 heavy (non-hydrogen) atoms. The lowest BCUT2D eigenvalue weighted by Crippen LogP contribution is -2.30. The molecule has 0 fully saturated rings. The highest BCUT2D eigenvalue weighted by atomic mass is 19.4. The molecule has 0 radical (unpaired) electrons. The number of ether oxygens (including phenoxy) is 1. The molecule has 3 N–H and O–H groups in total. The summed E-state index contributed by atoms with van der Waals surface area (Å²) in [4.78, 5) is 14.7. The molecule has 0 aliphatic carbocycles. The van der Waals surface area contributed by atoms with E-state index in [0.717, 1.165) is 6.07 Å². The molecule has 1 aromatic heterocycles. The van der Waals surface area contributed by atoms with Crippen LogP contribution in [0.2, 0.25) is 0 Å². The van der Waals surface area contributed by atoms with Crippen molar-refractivity contribution in [2.75, 3.05) is 12.3 Å². The van der Waals surface area contributed by atoms with Gasteiger partial charge in [-0.15, -0.1) is 0 Å². The molecule has 124 valence electrons. The second-order valence-corrected chi connectivity index (χ2v) is 4.98. The molecular formula is C15H11F3N4O2. The number of nitrogens with zero attached hydrogens (tertiary/aromatic N) is 2. The third kappa shape index (κ3) is 3.14. The molecule has 1 aliphatic rings. The van der Waals surface area contributed by atoms with Gasteiger partial charge >= 0.3 is 12.3 Å². The first kappa shape index (κ1) is 15.8. The molecule has 1 amide bonds. The number of carbonyl (C=O) groups excluding carboxylic acids is 1. The van der Waals surface area contributed by atoms with E-state index in [4.69, 9.17) is 10.5 Å². The van der Waals surface area contributed by atoms with E-state index in [1.165, 1.54) is 30.5 Å². The maximum absolute atomic E-state index is 13.4. The predicted molar refractivity (Wildman–Crippen MR) is 80.1 cm³/mol. The van der Waals surface area contributed by atoms with E-state index in [2.05, 4.69) is 15.5 Å². The van der Waals surface area contributed by atoms with Crippen LogP contribution in [0.1, 0.15) is 11.1 Å². The zero-order chi connectivity index (χ0) is 17.3. The molecule has 9 heteroatoms. The Kier molecular flexibility index (Phi) is 3.84. The number of hydrogen-bond donors (Lipinski definition) is 2. The fourth-order valence-electron chi connectivity index (χ4n) is 2.23. The first-order valence-electron chi connectivity index (χ1n) is 6.77. The van der Waals surface area contributed by atoms with Gasteiger partial charge in [-0.1, -0.05) is 12.1 Å². The number of nitrogens with one attached hydrogen (secondary N) is 1. The molecular weight excluding hydrogens is 325 g/mol. The molecule has 0 bridgehead atoms. The third-order valence-corrected chi connectivity index (χ3v) is 3.38. The number of nitrogen functional groups attached to an aromatic ring is 1. The minimum atomic E-state index is -4.58. The van der Waals surface area contributed by atoms with Crippen LogP contribution >= 0.6 is 0 Å². The Hall–Kier alpha value is -3.10. The van der Waals surface area contributed by atoms with Crippen molar-refractivity contribution in [2.45, 2.75) is 6.18 Å². The second kappa shape index (κ2) is 5.84. The van der Waals surface area contributed by atoms with Crippen molar-refractivity contribution < 1.29 is 22.7 Å². The SMILES string of the molecule is Nc1ccc(-c2ccc(C3=NNC(=O)OC3)cc2C(F)(F)F)cn1. The third-order valence-electron chi connectivity index (χ3n) is 3.38. The van der Waals surface area contributed by atoms with Crippen LogP contribution in [-0.2, 0) is 10.9 Å². The first-order chi connectivity index (χ1) is 11.3. The lowest BCUT2D eigenvalue weighted by Gasteiger charge is -2.17. The highest BCUT2D eigenvalue weighted by molar-refractivity contribution is 6.04. The number of nitrogens with two attached hydrogens (primary N) is 1. The van der Waals surface area contributed by atoms with Crippen molar-refractivity contribution in [2.24, 2.45) is 5.10 Å². The van der Waals surface area contributed by atoms with Crippen LogP contribution in [0.15, 0.2) is 41.6 Å². The number of halogens is 3. The van der Waals surface area contributed by atoms with Gasteiger partial charge in [-0.25, -0.2) is 15.2 Å². The second-order valence-electron chi connectivity index (χ2n) is 4.98. The van der Waals surface area contributed by atoms with Gasteiger partial charge in [0.1, 0.15) is 18.1 Å². The van der Waals surface area contributed by atoms with Gasteiger partial charge < -0.3 is 10.5 Å². The zero-order valence-electron chi connectivity index (χ0n) is 12.1. The summed E-state index contributed by atoms with van der Waals surface area (Å²) in [5, 5.41) is 3.71. The summed E-state index contributed by atoms with van der Waals surface area (Å²) >= 11 is 0. The van der Waals surface area contributed by atoms with Crippen molar-refractivity contribution in [3.63, 3.8) is 0 Å². The predicted octanol–water partition coefficient (Wildman–Crippen LogP) is 2.79. The molecule has 0 atom stereocenters. The van der Waals surface area contributed by atoms with Crippen molar-refractivity contribution in [1.29, 1.82) is 0 Å². The van der Waals surface area contributed by atoms with Crippen LogP contribution in [0.25, 0.3) is 11.1 Å². The van der Waals surface area contributed by atoms with Gasteiger partial charge in [0.2, 0.25) is 0 Å². The molecule has 0 saturated heterocycles. The summed E-state index contributed by atoms with van der Waals surface area (Å²) in [7, 11) is 0. The Morgan fingerprint density at radius 2 is 1.92 bits per heavy atom. The highest BCUT2D eigenvalue weighted by Crippen LogP contribution is 2.37. The van der Waals surface area contributed by atoms with Crippen LogP contribution in [-0.4, -0.2) is 23.4 Å². The van der Waals surface area contributed by atoms with Crippen LogP contribution in [0.3, 0.4) is 0 Å². The number of benzene rings is 1. The zero-order valence-corrected chi connectivity index (χ0v) is 12.1. The minimum Gasteiger partial charge on any atom is -0.442 e. The Morgan fingerprint density at radius 3 is 2.50 bits per heavy atom. The smallest absolute Gasteiger partial charge is 0.428 e. The van der Waals surface area contributed by atoms with Gasteiger partial charge in [0.25, 0.3) is 0 Å². The summed E-state index contributed by atoms with van der Waals surface area (Å²) in [5.74, 6) is 0.216. The number of pyridine rings is 1. The summed E-state index contributed by atoms with van der Waals surface area (Å²) in [6.07, 6.45) is -4.05. The van der Waals surface area contributed by atoms with Crippen molar-refractivity contribution in [1.82, 2.24) is 10.4 Å². The number of hydrogen-bond acceptors (Lipinski definition) is 5. The van der Waals surface area contributed by atoms with Crippen LogP contribution in [0.4, 0.5) is 23.8 Å². The molecule has 0 spiro atoms. The van der Waals surface area contributed by atoms with E-state index in [1.807, 2.05) is 0 Å². The molecule has 0 saturated carbocycles. The number of anilines is 1. The maximum atomic E-state index is 13.4. The Labute approximate surface area is 134 Å². The first-order valence-corrected chi connectivity index (χ1v) is 6.77. The Morgan fingerprint density at radius 1 is 1.17 bits per heavy atom. The van der Waals surface area contributed by atoms with E-state index < -0.39 is 17.8 Å². The summed E-state index contributed by atoms with van der Waals surface area (Å²) in [5.41, 5.74) is 7.35. The normalized spacial score (nSPS) is 14.6. The van der Waals surface area contributed by atoms with E-state index in [9.17, 15) is 18.0 Å². The summed E-state index contributed by atoms with van der Waals surface area (Å²) < 4.78 is 45.0. The monoisotopic (exact) mass is 336 g/mol. The average Bonchev–Trinajstić information content (AvgIpc) is 2.55. The lowest BCUT2D eigenvalue weighted by atomic mass is 9.96. The average molecular weight is 336 g/mol. The van der Waals surface area contributed by atoms with Gasteiger partial charge in [0.15, 0.2) is 0 Å². The van der Waals surface area contributed by atoms with Gasteiger partial charge in [-0.2, -0.15) is 18.3 Å². The number of alkyl halides is 3. The fraction of sp³-hybridized carbons (Fsp3) is 0.133. The molecule has 3 rings (SSSR count). The van der Waals surface area contributed by atoms with Gasteiger partial charge in [0, 0.05) is 17.3 Å². The highest BCUT2D eigenvalue weighted by Gasteiger charge is 2.34. The van der Waals surface area contributed by atoms with Crippen LogP contribution in [0, 0.1) is 0 Å². The van der Waals surface area contributed by atoms with Gasteiger partial charge in [-0.3, -0.25) is 0 Å². The fourth-order valence-corrected chi connectivity index (χ4v) is 2.23. The number of rotatable bonds is 2. The number of cyclic esters (lactones) is 1. The quantitative estimate of drug-likeness (QED) is 0.882. The summed E-state index contributed by atoms with van der Waals surface area (Å²) in [6, 6.07) is 6.66. The Balaban J connectivity index is 2.08. The summed E-state index contributed by atoms with van der Waals surface area (Å²) in [6.45, 7) is -0.202. The van der Waals surface area contributed by atoms with E-state index in [1.54, 1.807) is 0 Å². The van der Waals surface area contributed by atoms with Gasteiger partial charge in [0.05, 0.1) is 5.56 Å². The molecule has 2 heterocycles. The van der Waals surface area contributed by atoms with Crippen LogP contribution < -0.4 is 11.2 Å². The van der Waals surface area contributed by atoms with Crippen molar-refractivity contribution in [3.8, 4) is 11.1 Å². The van der Waals surface area contributed by atoms with Crippen LogP contribution in [0.5, 0.6) is 0 Å². The molecule has 2 aromatic rings. The largest absolute Gasteiger partial charge is 0.442 e. The minimum absolute atomic E-state index is 0.0277. The Bertz CT molecular complexity index is 816. The number of hydrazone groups is 1. The van der Waals surface area contributed by atoms with E-state index in [0.29, 0.717) is 5.56 Å². The van der Waals surface area contributed by atoms with Crippen molar-refractivity contribution >= 4 is 17.6 Å². The molecule has 0 unspecified atom stereocenters. The lowest BCUT2D eigenvalue weighted by molar-refractivity contribution is -0.137. The molecule has 1 aromatic carbocycles. The number of amides is 1. The number of aromatic nitrogens is 1. The topological polar surface area (TPSA) is 89.6 Å².